The summed E-state index contributed by atoms with van der Waals surface area (Å²) in [5, 5.41) is 2.37. The number of aryl methyl sites for hydroxylation is 1. The van der Waals surface area contributed by atoms with Crippen molar-refractivity contribution in [1.82, 2.24) is 4.90 Å². The van der Waals surface area contributed by atoms with Gasteiger partial charge in [0.05, 0.1) is 31.3 Å². The highest BCUT2D eigenvalue weighted by Crippen LogP contribution is 2.29. The van der Waals surface area contributed by atoms with E-state index in [1.807, 2.05) is 12.3 Å². The third-order valence-electron chi connectivity index (χ3n) is 3.14. The molecule has 1 amide bonds. The molecular formula is C13H16ClNO4S. The van der Waals surface area contributed by atoms with Crippen molar-refractivity contribution < 1.29 is 19.1 Å². The highest BCUT2D eigenvalue weighted by molar-refractivity contribution is 7.13. The first-order chi connectivity index (χ1) is 9.52. The summed E-state index contributed by atoms with van der Waals surface area (Å²) in [6.07, 6.45) is -0.169. The number of carbonyl (C=O) groups is 2. The van der Waals surface area contributed by atoms with Gasteiger partial charge in [0, 0.05) is 13.1 Å². The topological polar surface area (TPSA) is 55.8 Å². The molecule has 1 aromatic rings. The van der Waals surface area contributed by atoms with Gasteiger partial charge in [-0.2, -0.15) is 0 Å². The molecule has 0 aliphatic carbocycles. The Labute approximate surface area is 126 Å². The second kappa shape index (κ2) is 6.56. The zero-order chi connectivity index (χ0) is 14.7. The van der Waals surface area contributed by atoms with Crippen LogP contribution in [-0.4, -0.2) is 49.7 Å². The van der Waals surface area contributed by atoms with Crippen LogP contribution in [0, 0.1) is 6.92 Å². The normalized spacial score (nSPS) is 18.9. The monoisotopic (exact) mass is 317 g/mol. The van der Waals surface area contributed by atoms with Gasteiger partial charge in [0.15, 0.2) is 0 Å². The van der Waals surface area contributed by atoms with E-state index >= 15 is 0 Å². The fraction of sp³-hybridized carbons (Fsp3) is 0.538. The average molecular weight is 318 g/mol. The lowest BCUT2D eigenvalue weighted by Gasteiger charge is -2.32. The number of thiophene rings is 1. The van der Waals surface area contributed by atoms with Gasteiger partial charge in [0.2, 0.25) is 0 Å². The number of hydrogen-bond donors (Lipinski definition) is 0. The smallest absolute Gasteiger partial charge is 0.308 e. The van der Waals surface area contributed by atoms with E-state index in [9.17, 15) is 9.59 Å². The zero-order valence-corrected chi connectivity index (χ0v) is 12.9. The van der Waals surface area contributed by atoms with Crippen LogP contribution < -0.4 is 0 Å². The van der Waals surface area contributed by atoms with Gasteiger partial charge in [-0.25, -0.2) is 0 Å². The van der Waals surface area contributed by atoms with Crippen LogP contribution in [0.15, 0.2) is 5.38 Å². The molecule has 20 heavy (non-hydrogen) atoms. The quantitative estimate of drug-likeness (QED) is 0.801. The van der Waals surface area contributed by atoms with E-state index in [0.717, 1.165) is 5.56 Å². The first-order valence-corrected chi connectivity index (χ1v) is 7.50. The Bertz CT molecular complexity index is 516. The molecule has 110 valence electrons. The van der Waals surface area contributed by atoms with Crippen molar-refractivity contribution in [2.45, 2.75) is 19.4 Å². The molecule has 1 saturated heterocycles. The van der Waals surface area contributed by atoms with E-state index < -0.39 is 0 Å². The minimum atomic E-state index is -0.339. The Kier molecular flexibility index (Phi) is 5.01. The van der Waals surface area contributed by atoms with Gasteiger partial charge in [-0.1, -0.05) is 11.6 Å². The van der Waals surface area contributed by atoms with Crippen LogP contribution in [0.5, 0.6) is 0 Å². The Hall–Kier alpha value is -1.11. The maximum absolute atomic E-state index is 12.4. The van der Waals surface area contributed by atoms with E-state index in [-0.39, 0.29) is 24.4 Å². The van der Waals surface area contributed by atoms with E-state index in [1.54, 1.807) is 4.90 Å². The van der Waals surface area contributed by atoms with Gasteiger partial charge < -0.3 is 14.4 Å². The van der Waals surface area contributed by atoms with Gasteiger partial charge in [-0.3, -0.25) is 9.59 Å². The molecule has 0 saturated carbocycles. The number of esters is 1. The van der Waals surface area contributed by atoms with E-state index in [2.05, 4.69) is 4.74 Å². The van der Waals surface area contributed by atoms with Crippen LogP contribution in [0.4, 0.5) is 0 Å². The number of hydrogen-bond acceptors (Lipinski definition) is 5. The molecular weight excluding hydrogens is 302 g/mol. The maximum Gasteiger partial charge on any atom is 0.308 e. The summed E-state index contributed by atoms with van der Waals surface area (Å²) in [4.78, 5) is 25.9. The van der Waals surface area contributed by atoms with Gasteiger partial charge in [-0.15, -0.1) is 11.3 Å². The molecule has 0 bridgehead atoms. The first-order valence-electron chi connectivity index (χ1n) is 6.24. The first kappa shape index (κ1) is 15.3. The summed E-state index contributed by atoms with van der Waals surface area (Å²) in [6, 6.07) is 0. The van der Waals surface area contributed by atoms with Gasteiger partial charge in [-0.05, 0) is 17.9 Å². The summed E-state index contributed by atoms with van der Waals surface area (Å²) in [7, 11) is 1.34. The minimum Gasteiger partial charge on any atom is -0.469 e. The molecule has 1 unspecified atom stereocenters. The lowest BCUT2D eigenvalue weighted by molar-refractivity contribution is -0.145. The summed E-state index contributed by atoms with van der Waals surface area (Å²) >= 11 is 7.47. The molecule has 5 nitrogen and oxygen atoms in total. The van der Waals surface area contributed by atoms with E-state index in [0.29, 0.717) is 29.6 Å². The SMILES string of the molecule is COC(=O)CC1CN(C(=O)c2scc(C)c2Cl)CCO1. The number of ether oxygens (including phenoxy) is 2. The second-order valence-electron chi connectivity index (χ2n) is 4.59. The zero-order valence-electron chi connectivity index (χ0n) is 11.3. The Morgan fingerprint density at radius 1 is 1.60 bits per heavy atom. The largest absolute Gasteiger partial charge is 0.469 e. The molecule has 0 spiro atoms. The molecule has 1 aliphatic heterocycles. The number of nitrogens with zero attached hydrogens (tertiary/aromatic N) is 1. The number of methoxy groups -OCH3 is 1. The van der Waals surface area contributed by atoms with Crippen molar-refractivity contribution in [1.29, 1.82) is 0 Å². The highest BCUT2D eigenvalue weighted by Gasteiger charge is 2.28. The molecule has 0 radical (unpaired) electrons. The summed E-state index contributed by atoms with van der Waals surface area (Å²) in [6.45, 7) is 3.16. The molecule has 1 atom stereocenters. The third kappa shape index (κ3) is 3.31. The van der Waals surface area contributed by atoms with Crippen molar-refractivity contribution in [2.24, 2.45) is 0 Å². The van der Waals surface area contributed by atoms with E-state index in [1.165, 1.54) is 18.4 Å². The van der Waals surface area contributed by atoms with Crippen LogP contribution in [0.1, 0.15) is 21.7 Å². The highest BCUT2D eigenvalue weighted by atomic mass is 35.5. The number of amides is 1. The lowest BCUT2D eigenvalue weighted by Crippen LogP contribution is -2.46. The predicted octanol–water partition coefficient (Wildman–Crippen LogP) is 2.11. The van der Waals surface area contributed by atoms with Crippen molar-refractivity contribution in [3.05, 3.63) is 20.8 Å². The van der Waals surface area contributed by atoms with Gasteiger partial charge >= 0.3 is 5.97 Å². The molecule has 2 heterocycles. The Morgan fingerprint density at radius 3 is 2.95 bits per heavy atom. The molecule has 2 rings (SSSR count). The van der Waals surface area contributed by atoms with Crippen molar-refractivity contribution >= 4 is 34.8 Å². The van der Waals surface area contributed by atoms with Crippen molar-refractivity contribution in [3.8, 4) is 0 Å². The summed E-state index contributed by atoms with van der Waals surface area (Å²) in [5.41, 5.74) is 0.902. The average Bonchev–Trinajstić information content (AvgIpc) is 2.78. The van der Waals surface area contributed by atoms with Crippen LogP contribution in [0.2, 0.25) is 5.02 Å². The standard InChI is InChI=1S/C13H16ClNO4S/c1-8-7-20-12(11(8)14)13(17)15-3-4-19-9(6-15)5-10(16)18-2/h7,9H,3-6H2,1-2H3. The number of morpholine rings is 1. The second-order valence-corrected chi connectivity index (χ2v) is 5.84. The van der Waals surface area contributed by atoms with Crippen LogP contribution in [0.25, 0.3) is 0 Å². The molecule has 0 N–H and O–H groups in total. The maximum atomic E-state index is 12.4. The number of halogens is 1. The van der Waals surface area contributed by atoms with Crippen molar-refractivity contribution in [2.75, 3.05) is 26.8 Å². The fourth-order valence-corrected chi connectivity index (χ4v) is 3.25. The predicted molar refractivity (Wildman–Crippen MR) is 76.3 cm³/mol. The molecule has 1 fully saturated rings. The van der Waals surface area contributed by atoms with Crippen LogP contribution >= 0.6 is 22.9 Å². The number of carbonyl (C=O) groups excluding carboxylic acids is 2. The Balaban J connectivity index is 2.03. The summed E-state index contributed by atoms with van der Waals surface area (Å²) < 4.78 is 10.1. The number of rotatable bonds is 3. The van der Waals surface area contributed by atoms with E-state index in [4.69, 9.17) is 16.3 Å². The van der Waals surface area contributed by atoms with Crippen LogP contribution in [0.3, 0.4) is 0 Å². The molecule has 1 aliphatic rings. The molecule has 0 aromatic carbocycles. The van der Waals surface area contributed by atoms with Gasteiger partial charge in [0.1, 0.15) is 4.88 Å². The van der Waals surface area contributed by atoms with Gasteiger partial charge in [0.25, 0.3) is 5.91 Å². The lowest BCUT2D eigenvalue weighted by atomic mass is 10.2. The third-order valence-corrected chi connectivity index (χ3v) is 4.83. The fourth-order valence-electron chi connectivity index (χ4n) is 2.01. The van der Waals surface area contributed by atoms with Crippen molar-refractivity contribution in [3.63, 3.8) is 0 Å². The Morgan fingerprint density at radius 2 is 2.35 bits per heavy atom. The minimum absolute atomic E-state index is 0.105. The van der Waals surface area contributed by atoms with Crippen LogP contribution in [-0.2, 0) is 14.3 Å². The molecule has 1 aromatic heterocycles. The molecule has 7 heteroatoms. The summed E-state index contributed by atoms with van der Waals surface area (Å²) in [5.74, 6) is -0.444.